The first kappa shape index (κ1) is 17.7. The summed E-state index contributed by atoms with van der Waals surface area (Å²) in [7, 11) is -1.92. The Labute approximate surface area is 156 Å². The van der Waals surface area contributed by atoms with Gasteiger partial charge in [0.15, 0.2) is 0 Å². The van der Waals surface area contributed by atoms with Crippen molar-refractivity contribution in [1.29, 1.82) is 0 Å². The average Bonchev–Trinajstić information content (AvgIpc) is 3.25. The Bertz CT molecular complexity index is 982. The number of hydrogen-bond acceptors (Lipinski definition) is 6. The maximum atomic E-state index is 12.9. The summed E-state index contributed by atoms with van der Waals surface area (Å²) in [5, 5.41) is 8.49. The third-order valence-electron chi connectivity index (χ3n) is 4.90. The highest BCUT2D eigenvalue weighted by molar-refractivity contribution is 7.98. The van der Waals surface area contributed by atoms with Crippen LogP contribution in [0.3, 0.4) is 0 Å². The zero-order valence-electron chi connectivity index (χ0n) is 14.5. The van der Waals surface area contributed by atoms with Gasteiger partial charge in [-0.3, -0.25) is 9.48 Å². The number of hydrogen-bond donors (Lipinski definition) is 0. The molecule has 1 saturated heterocycles. The molecule has 4 rings (SSSR count). The molecule has 1 unspecified atom stereocenters. The van der Waals surface area contributed by atoms with E-state index >= 15 is 0 Å². The summed E-state index contributed by atoms with van der Waals surface area (Å²) >= 11 is 1.80. The van der Waals surface area contributed by atoms with E-state index in [9.17, 15) is 13.2 Å². The highest BCUT2D eigenvalue weighted by atomic mass is 32.2. The van der Waals surface area contributed by atoms with Crippen LogP contribution in [-0.2, 0) is 35.8 Å². The zero-order valence-corrected chi connectivity index (χ0v) is 16.2. The molecule has 0 spiro atoms. The lowest BCUT2D eigenvalue weighted by atomic mass is 10.2. The van der Waals surface area contributed by atoms with E-state index < -0.39 is 10.0 Å². The van der Waals surface area contributed by atoms with Crippen molar-refractivity contribution in [1.82, 2.24) is 23.9 Å². The molecular weight excluding hydrogens is 374 g/mol. The highest BCUT2D eigenvalue weighted by Crippen LogP contribution is 2.27. The molecule has 0 amide bonds. The molecule has 0 N–H and O–H groups in total. The maximum Gasteiger partial charge on any atom is 0.267 e. The Kier molecular flexibility index (Phi) is 4.66. The van der Waals surface area contributed by atoms with Gasteiger partial charge >= 0.3 is 0 Å². The van der Waals surface area contributed by atoms with E-state index in [2.05, 4.69) is 10.2 Å². The molecule has 2 aliphatic rings. The van der Waals surface area contributed by atoms with Gasteiger partial charge in [-0.15, -0.1) is 0 Å². The van der Waals surface area contributed by atoms with Crippen molar-refractivity contribution >= 4 is 21.8 Å². The van der Waals surface area contributed by atoms with Crippen molar-refractivity contribution in [2.24, 2.45) is 7.05 Å². The minimum Gasteiger partial charge on any atom is -0.274 e. The fraction of sp³-hybridized carbons (Fsp3) is 0.562. The van der Waals surface area contributed by atoms with Crippen LogP contribution < -0.4 is 5.56 Å². The fourth-order valence-corrected chi connectivity index (χ4v) is 6.18. The van der Waals surface area contributed by atoms with Gasteiger partial charge in [-0.25, -0.2) is 13.1 Å². The summed E-state index contributed by atoms with van der Waals surface area (Å²) in [6.07, 6.45) is 5.22. The third-order valence-corrected chi connectivity index (χ3v) is 7.81. The normalized spacial score (nSPS) is 21.0. The quantitative estimate of drug-likeness (QED) is 0.754. The first-order valence-electron chi connectivity index (χ1n) is 8.63. The lowest BCUT2D eigenvalue weighted by Gasteiger charge is -2.24. The molecule has 8 nitrogen and oxygen atoms in total. The minimum atomic E-state index is -3.61. The molecule has 2 aromatic rings. The second kappa shape index (κ2) is 6.82. The van der Waals surface area contributed by atoms with Crippen LogP contribution in [0.2, 0.25) is 0 Å². The first-order valence-corrected chi connectivity index (χ1v) is 11.2. The Morgan fingerprint density at radius 3 is 3.00 bits per heavy atom. The lowest BCUT2D eigenvalue weighted by molar-refractivity contribution is 0.333. The topological polar surface area (TPSA) is 90.1 Å². The number of nitrogens with zero attached hydrogens (tertiary/aromatic N) is 5. The zero-order chi connectivity index (χ0) is 18.3. The van der Waals surface area contributed by atoms with Gasteiger partial charge in [-0.1, -0.05) is 0 Å². The maximum absolute atomic E-state index is 12.9. The van der Waals surface area contributed by atoms with Crippen molar-refractivity contribution in [3.63, 3.8) is 0 Å². The van der Waals surface area contributed by atoms with Gasteiger partial charge < -0.3 is 0 Å². The van der Waals surface area contributed by atoms with Gasteiger partial charge in [0.25, 0.3) is 5.56 Å². The molecule has 1 fully saturated rings. The molecule has 10 heteroatoms. The Balaban J connectivity index is 1.61. The second-order valence-electron chi connectivity index (χ2n) is 6.70. The molecular formula is C16H21N5O3S2. The SMILES string of the molecule is Cn1cc(S(=O)(=O)N2CCCC2Cn2nc3c(cc2=O)CSCC3)cn1. The van der Waals surface area contributed by atoms with Crippen molar-refractivity contribution in [3.05, 3.63) is 40.1 Å². The molecule has 0 saturated carbocycles. The molecule has 2 aliphatic heterocycles. The molecule has 0 bridgehead atoms. The van der Waals surface area contributed by atoms with E-state index in [1.807, 2.05) is 0 Å². The van der Waals surface area contributed by atoms with E-state index in [4.69, 9.17) is 0 Å². The van der Waals surface area contributed by atoms with Gasteiger partial charge in [0.2, 0.25) is 10.0 Å². The second-order valence-corrected chi connectivity index (χ2v) is 9.70. The summed E-state index contributed by atoms with van der Waals surface area (Å²) in [6.45, 7) is 0.747. The molecule has 2 aromatic heterocycles. The first-order chi connectivity index (χ1) is 12.4. The van der Waals surface area contributed by atoms with Gasteiger partial charge in [-0.2, -0.15) is 26.3 Å². The highest BCUT2D eigenvalue weighted by Gasteiger charge is 2.36. The predicted octanol–water partition coefficient (Wildman–Crippen LogP) is 0.619. The monoisotopic (exact) mass is 395 g/mol. The number of thioether (sulfide) groups is 1. The molecule has 0 aromatic carbocycles. The van der Waals surface area contributed by atoms with Gasteiger partial charge in [-0.05, 0) is 24.2 Å². The molecule has 140 valence electrons. The van der Waals surface area contributed by atoms with Gasteiger partial charge in [0.05, 0.1) is 18.4 Å². The number of sulfonamides is 1. The van der Waals surface area contributed by atoms with Crippen LogP contribution in [0, 0.1) is 0 Å². The van der Waals surface area contributed by atoms with E-state index in [0.717, 1.165) is 42.0 Å². The van der Waals surface area contributed by atoms with Crippen molar-refractivity contribution in [3.8, 4) is 0 Å². The summed E-state index contributed by atoms with van der Waals surface area (Å²) in [5.41, 5.74) is 1.81. The van der Waals surface area contributed by atoms with Crippen LogP contribution in [0.15, 0.2) is 28.2 Å². The summed E-state index contributed by atoms with van der Waals surface area (Å²) < 4.78 is 30.3. The van der Waals surface area contributed by atoms with Gasteiger partial charge in [0, 0.05) is 44.1 Å². The van der Waals surface area contributed by atoms with Crippen molar-refractivity contribution < 1.29 is 8.42 Å². The Morgan fingerprint density at radius 2 is 2.23 bits per heavy atom. The average molecular weight is 396 g/mol. The van der Waals surface area contributed by atoms with Crippen molar-refractivity contribution in [2.75, 3.05) is 12.3 Å². The molecule has 26 heavy (non-hydrogen) atoms. The van der Waals surface area contributed by atoms with Crippen LogP contribution in [-0.4, -0.2) is 50.6 Å². The molecule has 4 heterocycles. The third kappa shape index (κ3) is 3.21. The summed E-state index contributed by atoms with van der Waals surface area (Å²) in [6, 6.07) is 1.39. The Hall–Kier alpha value is -1.65. The molecule has 1 atom stereocenters. The lowest BCUT2D eigenvalue weighted by Crippen LogP contribution is -2.40. The minimum absolute atomic E-state index is 0.156. The van der Waals surface area contributed by atoms with Crippen LogP contribution in [0.5, 0.6) is 0 Å². The van der Waals surface area contributed by atoms with Crippen LogP contribution in [0.1, 0.15) is 24.1 Å². The van der Waals surface area contributed by atoms with Crippen LogP contribution >= 0.6 is 11.8 Å². The summed E-state index contributed by atoms with van der Waals surface area (Å²) in [5.74, 6) is 1.83. The summed E-state index contributed by atoms with van der Waals surface area (Å²) in [4.78, 5) is 12.6. The largest absolute Gasteiger partial charge is 0.274 e. The number of rotatable bonds is 4. The van der Waals surface area contributed by atoms with Crippen LogP contribution in [0.4, 0.5) is 0 Å². The molecule has 0 radical (unpaired) electrons. The van der Waals surface area contributed by atoms with Crippen molar-refractivity contribution in [2.45, 2.75) is 42.5 Å². The molecule has 0 aliphatic carbocycles. The van der Waals surface area contributed by atoms with E-state index in [-0.39, 0.29) is 16.5 Å². The smallest absolute Gasteiger partial charge is 0.267 e. The standard InChI is InChI=1S/C16H21N5O3S2/c1-19-10-14(8-17-19)26(23,24)21-5-2-3-13(21)9-20-16(22)7-12-11-25-6-4-15(12)18-20/h7-8,10,13H,2-6,9,11H2,1H3. The van der Waals surface area contributed by atoms with Gasteiger partial charge in [0.1, 0.15) is 4.90 Å². The predicted molar refractivity (Wildman–Crippen MR) is 98.5 cm³/mol. The van der Waals surface area contributed by atoms with E-state index in [1.54, 1.807) is 24.9 Å². The number of aromatic nitrogens is 4. The van der Waals surface area contributed by atoms with E-state index in [1.165, 1.54) is 26.1 Å². The fourth-order valence-electron chi connectivity index (χ4n) is 3.56. The number of aryl methyl sites for hydroxylation is 2. The Morgan fingerprint density at radius 1 is 1.38 bits per heavy atom. The number of fused-ring (bicyclic) bond motifs is 1. The van der Waals surface area contributed by atoms with Crippen LogP contribution in [0.25, 0.3) is 0 Å². The van der Waals surface area contributed by atoms with E-state index in [0.29, 0.717) is 13.1 Å².